The Bertz CT molecular complexity index is 1280. The number of nitrogens with one attached hydrogen (secondary N) is 1. The maximum atomic E-state index is 13.5. The lowest BCUT2D eigenvalue weighted by Gasteiger charge is -2.32. The fourth-order valence-corrected chi connectivity index (χ4v) is 6.29. The molecule has 39 heavy (non-hydrogen) atoms. The monoisotopic (exact) mass is 595 g/mol. The smallest absolute Gasteiger partial charge is 0.242 e. The van der Waals surface area contributed by atoms with Gasteiger partial charge in [0.05, 0.1) is 11.9 Å². The lowest BCUT2D eigenvalue weighted by Crippen LogP contribution is -2.50. The third-order valence-electron chi connectivity index (χ3n) is 7.41. The number of sulfonamides is 1. The molecule has 1 aliphatic rings. The van der Waals surface area contributed by atoms with Crippen LogP contribution >= 0.6 is 23.2 Å². The van der Waals surface area contributed by atoms with Crippen LogP contribution in [0.1, 0.15) is 68.6 Å². The summed E-state index contributed by atoms with van der Waals surface area (Å²) in [6.07, 6.45) is 6.75. The number of carbonyl (C=O) groups excluding carboxylic acids is 2. The Morgan fingerprint density at radius 2 is 1.72 bits per heavy atom. The minimum Gasteiger partial charge on any atom is -0.352 e. The Hall–Kier alpha value is -2.29. The number of anilines is 1. The number of hydrogen-bond acceptors (Lipinski definition) is 4. The van der Waals surface area contributed by atoms with Crippen molar-refractivity contribution in [3.63, 3.8) is 0 Å². The van der Waals surface area contributed by atoms with Gasteiger partial charge >= 0.3 is 0 Å². The number of carbonyl (C=O) groups is 2. The number of nitrogens with zero attached hydrogens (tertiary/aromatic N) is 2. The summed E-state index contributed by atoms with van der Waals surface area (Å²) >= 11 is 12.5. The summed E-state index contributed by atoms with van der Waals surface area (Å²) in [5.74, 6) is -0.450. The number of hydrogen-bond donors (Lipinski definition) is 1. The Kier molecular flexibility index (Phi) is 11.1. The zero-order valence-electron chi connectivity index (χ0n) is 23.2. The van der Waals surface area contributed by atoms with Crippen molar-refractivity contribution in [2.24, 2.45) is 0 Å². The summed E-state index contributed by atoms with van der Waals surface area (Å²) in [5.41, 5.74) is 3.30. The number of rotatable bonds is 11. The number of aryl methyl sites for hydroxylation is 2. The zero-order valence-corrected chi connectivity index (χ0v) is 25.5. The average Bonchev–Trinajstić information content (AvgIpc) is 2.87. The molecule has 10 heteroatoms. The Morgan fingerprint density at radius 3 is 2.33 bits per heavy atom. The van der Waals surface area contributed by atoms with Crippen molar-refractivity contribution in [1.29, 1.82) is 0 Å². The van der Waals surface area contributed by atoms with E-state index in [0.717, 1.165) is 43.1 Å². The van der Waals surface area contributed by atoms with Crippen LogP contribution in [0.5, 0.6) is 0 Å². The number of halogens is 2. The third-order valence-corrected chi connectivity index (χ3v) is 9.19. The molecule has 0 heterocycles. The molecule has 0 aliphatic heterocycles. The zero-order chi connectivity index (χ0) is 28.7. The minimum atomic E-state index is -3.56. The highest BCUT2D eigenvalue weighted by atomic mass is 35.5. The van der Waals surface area contributed by atoms with E-state index in [-0.39, 0.29) is 37.4 Å². The van der Waals surface area contributed by atoms with Crippen LogP contribution < -0.4 is 9.62 Å². The van der Waals surface area contributed by atoms with Crippen LogP contribution in [0.25, 0.3) is 0 Å². The minimum absolute atomic E-state index is 0.0725. The van der Waals surface area contributed by atoms with Gasteiger partial charge in [-0.2, -0.15) is 0 Å². The largest absolute Gasteiger partial charge is 0.352 e. The van der Waals surface area contributed by atoms with Crippen molar-refractivity contribution in [1.82, 2.24) is 10.2 Å². The molecule has 1 fully saturated rings. The van der Waals surface area contributed by atoms with E-state index in [2.05, 4.69) is 5.32 Å². The summed E-state index contributed by atoms with van der Waals surface area (Å²) in [7, 11) is -3.56. The van der Waals surface area contributed by atoms with Crippen molar-refractivity contribution in [2.75, 3.05) is 17.1 Å². The molecule has 1 atom stereocenters. The average molecular weight is 597 g/mol. The quantitative estimate of drug-likeness (QED) is 0.344. The van der Waals surface area contributed by atoms with Crippen molar-refractivity contribution in [3.05, 3.63) is 63.1 Å². The molecular formula is C29H39Cl2N3O4S. The van der Waals surface area contributed by atoms with Gasteiger partial charge in [0.25, 0.3) is 0 Å². The molecule has 1 saturated carbocycles. The first-order chi connectivity index (χ1) is 18.4. The van der Waals surface area contributed by atoms with E-state index in [1.54, 1.807) is 31.2 Å². The molecule has 0 aromatic heterocycles. The van der Waals surface area contributed by atoms with Gasteiger partial charge < -0.3 is 10.2 Å². The maximum absolute atomic E-state index is 13.5. The van der Waals surface area contributed by atoms with E-state index in [1.165, 1.54) is 15.6 Å². The van der Waals surface area contributed by atoms with E-state index in [0.29, 0.717) is 27.7 Å². The van der Waals surface area contributed by atoms with Crippen LogP contribution in [0.3, 0.4) is 0 Å². The van der Waals surface area contributed by atoms with Crippen LogP contribution in [-0.2, 0) is 26.2 Å². The van der Waals surface area contributed by atoms with Crippen molar-refractivity contribution >= 4 is 50.7 Å². The van der Waals surface area contributed by atoms with Gasteiger partial charge in [0.15, 0.2) is 0 Å². The van der Waals surface area contributed by atoms with Crippen molar-refractivity contribution in [2.45, 2.75) is 84.3 Å². The summed E-state index contributed by atoms with van der Waals surface area (Å²) in [6, 6.07) is 9.96. The van der Waals surface area contributed by atoms with E-state index >= 15 is 0 Å². The van der Waals surface area contributed by atoms with Crippen LogP contribution in [0.4, 0.5) is 5.69 Å². The molecule has 1 N–H and O–H groups in total. The molecule has 214 valence electrons. The van der Waals surface area contributed by atoms with Gasteiger partial charge in [-0.3, -0.25) is 13.9 Å². The molecule has 0 bridgehead atoms. The molecule has 2 aromatic rings. The molecule has 2 amide bonds. The first kappa shape index (κ1) is 31.2. The Morgan fingerprint density at radius 1 is 1.03 bits per heavy atom. The lowest BCUT2D eigenvalue weighted by molar-refractivity contribution is -0.141. The Balaban J connectivity index is 1.75. The summed E-state index contributed by atoms with van der Waals surface area (Å²) < 4.78 is 26.5. The lowest BCUT2D eigenvalue weighted by atomic mass is 9.95. The predicted octanol–water partition coefficient (Wildman–Crippen LogP) is 6.02. The number of benzene rings is 2. The molecule has 1 aliphatic carbocycles. The fourth-order valence-electron chi connectivity index (χ4n) is 4.87. The molecule has 0 spiro atoms. The van der Waals surface area contributed by atoms with Crippen LogP contribution in [-0.4, -0.2) is 50.0 Å². The summed E-state index contributed by atoms with van der Waals surface area (Å²) in [6.45, 7) is 5.90. The van der Waals surface area contributed by atoms with Gasteiger partial charge in [-0.15, -0.1) is 0 Å². The van der Waals surface area contributed by atoms with E-state index in [4.69, 9.17) is 23.2 Å². The van der Waals surface area contributed by atoms with Gasteiger partial charge in [-0.05, 0) is 81.0 Å². The highest BCUT2D eigenvalue weighted by molar-refractivity contribution is 7.92. The SMILES string of the molecule is Cc1ccc(N(CCCC(=O)N(Cc2ccc(Cl)cc2Cl)[C@@H](C)C(=O)NC2CCCCC2)S(C)(=O)=O)cc1C. The van der Waals surface area contributed by atoms with Gasteiger partial charge in [0, 0.05) is 35.6 Å². The second-order valence-corrected chi connectivity index (χ2v) is 13.2. The first-order valence-electron chi connectivity index (χ1n) is 13.5. The fraction of sp³-hybridized carbons (Fsp3) is 0.517. The molecule has 2 aromatic carbocycles. The molecule has 0 saturated heterocycles. The van der Waals surface area contributed by atoms with E-state index in [9.17, 15) is 18.0 Å². The van der Waals surface area contributed by atoms with Gasteiger partial charge in [0.1, 0.15) is 6.04 Å². The number of amides is 2. The van der Waals surface area contributed by atoms with E-state index < -0.39 is 16.1 Å². The van der Waals surface area contributed by atoms with Crippen molar-refractivity contribution in [3.8, 4) is 0 Å². The molecule has 0 radical (unpaired) electrons. The molecule has 3 rings (SSSR count). The van der Waals surface area contributed by atoms with Crippen LogP contribution in [0, 0.1) is 13.8 Å². The van der Waals surface area contributed by atoms with Crippen LogP contribution in [0.2, 0.25) is 10.0 Å². The maximum Gasteiger partial charge on any atom is 0.242 e. The molecule has 0 unspecified atom stereocenters. The predicted molar refractivity (Wildman–Crippen MR) is 159 cm³/mol. The van der Waals surface area contributed by atoms with Crippen LogP contribution in [0.15, 0.2) is 36.4 Å². The molecular weight excluding hydrogens is 557 g/mol. The summed E-state index contributed by atoms with van der Waals surface area (Å²) in [5, 5.41) is 4.01. The van der Waals surface area contributed by atoms with Gasteiger partial charge in [-0.1, -0.05) is 54.6 Å². The highest BCUT2D eigenvalue weighted by Gasteiger charge is 2.29. The Labute approximate surface area is 242 Å². The van der Waals surface area contributed by atoms with Crippen molar-refractivity contribution < 1.29 is 18.0 Å². The summed E-state index contributed by atoms with van der Waals surface area (Å²) in [4.78, 5) is 28.3. The topological polar surface area (TPSA) is 86.8 Å². The van der Waals surface area contributed by atoms with Gasteiger partial charge in [-0.25, -0.2) is 8.42 Å². The second-order valence-electron chi connectivity index (χ2n) is 10.5. The third kappa shape index (κ3) is 8.85. The first-order valence-corrected chi connectivity index (χ1v) is 16.1. The highest BCUT2D eigenvalue weighted by Crippen LogP contribution is 2.25. The second kappa shape index (κ2) is 13.9. The standard InChI is InChI=1S/C29H39Cl2N3O4S/c1-20-12-15-26(17-21(20)2)34(39(4,37)38)16-8-11-28(35)33(19-23-13-14-24(30)18-27(23)31)22(3)29(36)32-25-9-6-5-7-10-25/h12-15,17-18,22,25H,5-11,16,19H2,1-4H3,(H,32,36)/t22-/m0/s1. The molecule has 7 nitrogen and oxygen atoms in total. The van der Waals surface area contributed by atoms with Gasteiger partial charge in [0.2, 0.25) is 21.8 Å². The normalized spacial score (nSPS) is 15.0. The van der Waals surface area contributed by atoms with E-state index in [1.807, 2.05) is 26.0 Å².